The average Bonchev–Trinajstić information content (AvgIpc) is 3.41. The minimum Gasteiger partial charge on any atom is -0.383 e. The lowest BCUT2D eigenvalue weighted by Gasteiger charge is -2.34. The summed E-state index contributed by atoms with van der Waals surface area (Å²) in [6, 6.07) is 4.00. The maximum atomic E-state index is 13.9. The number of rotatable bonds is 7. The largest absolute Gasteiger partial charge is 0.383 e. The molecule has 194 valence electrons. The third kappa shape index (κ3) is 4.12. The molecule has 0 unspecified atom stereocenters. The van der Waals surface area contributed by atoms with E-state index in [1.807, 2.05) is 12.2 Å². The van der Waals surface area contributed by atoms with Gasteiger partial charge in [-0.15, -0.1) is 0 Å². The Labute approximate surface area is 220 Å². The molecule has 8 nitrogen and oxygen atoms in total. The zero-order valence-corrected chi connectivity index (χ0v) is 21.9. The molecule has 5 atom stereocenters. The standard InChI is InChI=1S/C26H31Cl2N3O5/c1-25-10-11-26(36-25)20(19(25)22(32)30-16-8-9-17(27)18(28)14-16)24(34)31(12-13-35-2)21(26)23(33)29-15-6-4-3-5-7-15/h8-11,14-15,19-21H,3-7,12-13H2,1-2H3,(H,29,33)(H,30,32)/t19-,20-,21+,25-,26+/m1/s1. The Hall–Kier alpha value is -2.13. The van der Waals surface area contributed by atoms with Crippen molar-refractivity contribution in [2.75, 3.05) is 25.6 Å². The molecule has 3 heterocycles. The molecule has 1 aromatic carbocycles. The summed E-state index contributed by atoms with van der Waals surface area (Å²) in [5, 5.41) is 6.72. The van der Waals surface area contributed by atoms with Gasteiger partial charge in [0.05, 0.1) is 34.1 Å². The van der Waals surface area contributed by atoms with Crippen LogP contribution in [-0.2, 0) is 23.9 Å². The Kier molecular flexibility index (Phi) is 6.83. The first-order valence-electron chi connectivity index (χ1n) is 12.5. The van der Waals surface area contributed by atoms with Crippen LogP contribution in [0.2, 0.25) is 10.0 Å². The predicted molar refractivity (Wildman–Crippen MR) is 136 cm³/mol. The molecule has 0 radical (unpaired) electrons. The van der Waals surface area contributed by atoms with Gasteiger partial charge in [0.15, 0.2) is 0 Å². The number of fused-ring (bicyclic) bond motifs is 1. The van der Waals surface area contributed by atoms with Crippen LogP contribution in [0.1, 0.15) is 39.0 Å². The van der Waals surface area contributed by atoms with Gasteiger partial charge in [0, 0.05) is 25.4 Å². The number of ether oxygens (including phenoxy) is 2. The van der Waals surface area contributed by atoms with Crippen LogP contribution in [0.5, 0.6) is 0 Å². The van der Waals surface area contributed by atoms with Crippen molar-refractivity contribution >= 4 is 46.6 Å². The fourth-order valence-electron chi connectivity index (χ4n) is 6.38. The molecule has 36 heavy (non-hydrogen) atoms. The van der Waals surface area contributed by atoms with Crippen molar-refractivity contribution in [3.05, 3.63) is 40.4 Å². The maximum Gasteiger partial charge on any atom is 0.246 e. The summed E-state index contributed by atoms with van der Waals surface area (Å²) in [6.45, 7) is 2.28. The third-order valence-corrected chi connectivity index (χ3v) is 8.74. The van der Waals surface area contributed by atoms with Crippen LogP contribution >= 0.6 is 23.2 Å². The van der Waals surface area contributed by atoms with Gasteiger partial charge in [-0.25, -0.2) is 0 Å². The number of carbonyl (C=O) groups is 3. The number of hydrogen-bond acceptors (Lipinski definition) is 5. The molecule has 5 rings (SSSR count). The molecule has 3 fully saturated rings. The summed E-state index contributed by atoms with van der Waals surface area (Å²) in [7, 11) is 1.55. The molecule has 4 aliphatic rings. The fourth-order valence-corrected chi connectivity index (χ4v) is 6.68. The highest BCUT2D eigenvalue weighted by molar-refractivity contribution is 6.42. The second-order valence-electron chi connectivity index (χ2n) is 10.3. The van der Waals surface area contributed by atoms with E-state index in [0.29, 0.717) is 15.7 Å². The van der Waals surface area contributed by atoms with Crippen molar-refractivity contribution in [3.8, 4) is 0 Å². The van der Waals surface area contributed by atoms with Gasteiger partial charge < -0.3 is 25.0 Å². The van der Waals surface area contributed by atoms with Gasteiger partial charge in [0.25, 0.3) is 0 Å². The molecule has 1 aromatic rings. The average molecular weight is 536 g/mol. The quantitative estimate of drug-likeness (QED) is 0.520. The van der Waals surface area contributed by atoms with Gasteiger partial charge >= 0.3 is 0 Å². The highest BCUT2D eigenvalue weighted by atomic mass is 35.5. The summed E-state index contributed by atoms with van der Waals surface area (Å²) in [5.74, 6) is -2.57. The first-order valence-corrected chi connectivity index (χ1v) is 13.2. The van der Waals surface area contributed by atoms with Crippen molar-refractivity contribution in [3.63, 3.8) is 0 Å². The molecule has 3 amide bonds. The van der Waals surface area contributed by atoms with E-state index in [1.165, 1.54) is 11.3 Å². The van der Waals surface area contributed by atoms with Crippen LogP contribution in [0.25, 0.3) is 0 Å². The molecule has 1 aliphatic carbocycles. The number of halogens is 2. The van der Waals surface area contributed by atoms with E-state index in [1.54, 1.807) is 32.2 Å². The second-order valence-corrected chi connectivity index (χ2v) is 11.1. The van der Waals surface area contributed by atoms with Gasteiger partial charge in [0.2, 0.25) is 17.7 Å². The van der Waals surface area contributed by atoms with Crippen molar-refractivity contribution in [2.24, 2.45) is 11.8 Å². The normalized spacial score (nSPS) is 33.2. The number of methoxy groups -OCH3 is 1. The molecular weight excluding hydrogens is 505 g/mol. The van der Waals surface area contributed by atoms with Crippen LogP contribution < -0.4 is 10.6 Å². The van der Waals surface area contributed by atoms with Gasteiger partial charge in [-0.05, 0) is 38.0 Å². The fraction of sp³-hybridized carbons (Fsp3) is 0.577. The van der Waals surface area contributed by atoms with Crippen LogP contribution in [0.4, 0.5) is 5.69 Å². The van der Waals surface area contributed by atoms with Gasteiger partial charge in [-0.2, -0.15) is 0 Å². The van der Waals surface area contributed by atoms with Gasteiger partial charge in [-0.3, -0.25) is 14.4 Å². The highest BCUT2D eigenvalue weighted by Gasteiger charge is 2.76. The lowest BCUT2D eigenvalue weighted by molar-refractivity contribution is -0.144. The van der Waals surface area contributed by atoms with Crippen LogP contribution in [0.15, 0.2) is 30.4 Å². The van der Waals surface area contributed by atoms with Crippen LogP contribution in [0.3, 0.4) is 0 Å². The SMILES string of the molecule is COCCN1C(=O)[C@H]2[C@H](C(=O)Nc3ccc(Cl)c(Cl)c3)[C@@]3(C)C=C[C@@]2(O3)[C@@H]1C(=O)NC1CCCCC1. The number of nitrogens with one attached hydrogen (secondary N) is 2. The topological polar surface area (TPSA) is 97.0 Å². The molecule has 3 aliphatic heterocycles. The number of likely N-dealkylation sites (tertiary alicyclic amines) is 1. The smallest absolute Gasteiger partial charge is 0.246 e. The summed E-state index contributed by atoms with van der Waals surface area (Å²) in [5.41, 5.74) is -1.79. The van der Waals surface area contributed by atoms with Crippen LogP contribution in [0, 0.1) is 11.8 Å². The van der Waals surface area contributed by atoms with Crippen molar-refractivity contribution in [2.45, 2.75) is 62.3 Å². The predicted octanol–water partition coefficient (Wildman–Crippen LogP) is 3.57. The lowest BCUT2D eigenvalue weighted by Crippen LogP contribution is -2.57. The maximum absolute atomic E-state index is 13.9. The number of carbonyl (C=O) groups excluding carboxylic acids is 3. The Bertz CT molecular complexity index is 1110. The summed E-state index contributed by atoms with van der Waals surface area (Å²) in [6.07, 6.45) is 8.78. The zero-order chi connectivity index (χ0) is 25.7. The first kappa shape index (κ1) is 25.5. The van der Waals surface area contributed by atoms with Crippen LogP contribution in [-0.4, -0.2) is 66.2 Å². The van der Waals surface area contributed by atoms with E-state index in [0.717, 1.165) is 25.7 Å². The van der Waals surface area contributed by atoms with E-state index in [9.17, 15) is 14.4 Å². The molecular formula is C26H31Cl2N3O5. The van der Waals surface area contributed by atoms with E-state index in [2.05, 4.69) is 10.6 Å². The third-order valence-electron chi connectivity index (χ3n) is 8.00. The zero-order valence-electron chi connectivity index (χ0n) is 20.4. The number of amides is 3. The molecule has 1 saturated carbocycles. The minimum absolute atomic E-state index is 0.0768. The second kappa shape index (κ2) is 9.63. The number of anilines is 1. The van der Waals surface area contributed by atoms with Crippen molar-refractivity contribution in [1.82, 2.24) is 10.2 Å². The van der Waals surface area contributed by atoms with E-state index < -0.39 is 29.1 Å². The minimum atomic E-state index is -1.22. The summed E-state index contributed by atoms with van der Waals surface area (Å²) >= 11 is 12.1. The Morgan fingerprint density at radius 3 is 2.58 bits per heavy atom. The molecule has 10 heteroatoms. The first-order chi connectivity index (χ1) is 17.2. The Morgan fingerprint density at radius 1 is 1.14 bits per heavy atom. The number of nitrogens with zero attached hydrogens (tertiary/aromatic N) is 1. The molecule has 0 aromatic heterocycles. The molecule has 2 bridgehead atoms. The van der Waals surface area contributed by atoms with E-state index in [-0.39, 0.29) is 36.9 Å². The monoisotopic (exact) mass is 535 g/mol. The Balaban J connectivity index is 1.46. The molecule has 2 N–H and O–H groups in total. The Morgan fingerprint density at radius 2 is 1.89 bits per heavy atom. The summed E-state index contributed by atoms with van der Waals surface area (Å²) < 4.78 is 11.7. The van der Waals surface area contributed by atoms with Gasteiger partial charge in [-0.1, -0.05) is 54.6 Å². The van der Waals surface area contributed by atoms with E-state index in [4.69, 9.17) is 32.7 Å². The van der Waals surface area contributed by atoms with Crippen molar-refractivity contribution < 1.29 is 23.9 Å². The lowest BCUT2D eigenvalue weighted by atomic mass is 9.70. The van der Waals surface area contributed by atoms with Gasteiger partial charge in [0.1, 0.15) is 11.6 Å². The number of hydrogen-bond donors (Lipinski definition) is 2. The number of benzene rings is 1. The van der Waals surface area contributed by atoms with Crippen molar-refractivity contribution in [1.29, 1.82) is 0 Å². The highest BCUT2D eigenvalue weighted by Crippen LogP contribution is 2.59. The summed E-state index contributed by atoms with van der Waals surface area (Å²) in [4.78, 5) is 42.7. The molecule has 2 saturated heterocycles. The van der Waals surface area contributed by atoms with E-state index >= 15 is 0 Å². The molecule has 1 spiro atoms.